The van der Waals surface area contributed by atoms with Crippen LogP contribution in [0.15, 0.2) is 0 Å². The number of unbranched alkanes of at least 4 members (excludes halogenated alkanes) is 1. The molecule has 0 bridgehead atoms. The summed E-state index contributed by atoms with van der Waals surface area (Å²) in [7, 11) is 0. The second-order valence-corrected chi connectivity index (χ2v) is 2.91. The summed E-state index contributed by atoms with van der Waals surface area (Å²) in [5.41, 5.74) is 10.8. The molecule has 0 saturated carbocycles. The molecule has 3 heteroatoms. The molecule has 0 aromatic rings. The lowest BCUT2D eigenvalue weighted by Crippen LogP contribution is -2.31. The highest BCUT2D eigenvalue weighted by molar-refractivity contribution is 4.53. The summed E-state index contributed by atoms with van der Waals surface area (Å²) in [5.74, 6) is 0. The van der Waals surface area contributed by atoms with E-state index < -0.39 is 0 Å². The van der Waals surface area contributed by atoms with Crippen LogP contribution in [0.4, 0.5) is 0 Å². The van der Waals surface area contributed by atoms with Crippen LogP contribution >= 0.6 is 0 Å². The van der Waals surface area contributed by atoms with Gasteiger partial charge in [-0.2, -0.15) is 0 Å². The number of nitrogens with two attached hydrogens (primary N) is 2. The fraction of sp³-hybridized carbons (Fsp3) is 1.00. The first-order chi connectivity index (χ1) is 5.27. The topological polar surface area (TPSA) is 64.1 Å². The minimum Gasteiger partial charge on any atom is -0.317 e. The maximum absolute atomic E-state index is 5.38. The first-order valence-corrected chi connectivity index (χ1v) is 4.49. The van der Waals surface area contributed by atoms with Crippen LogP contribution in [0, 0.1) is 0 Å². The van der Waals surface area contributed by atoms with E-state index in [4.69, 9.17) is 11.5 Å². The van der Waals surface area contributed by atoms with E-state index in [9.17, 15) is 0 Å². The molecule has 0 aliphatic heterocycles. The van der Waals surface area contributed by atoms with Crippen molar-refractivity contribution >= 4 is 0 Å². The molecule has 0 radical (unpaired) electrons. The summed E-state index contributed by atoms with van der Waals surface area (Å²) in [6.45, 7) is 4.36. The SMILES string of the molecule is CCCCNCCCC(N)N. The molecule has 68 valence electrons. The van der Waals surface area contributed by atoms with Gasteiger partial charge >= 0.3 is 0 Å². The van der Waals surface area contributed by atoms with Crippen molar-refractivity contribution in [2.75, 3.05) is 13.1 Å². The average molecular weight is 159 g/mol. The largest absolute Gasteiger partial charge is 0.317 e. The van der Waals surface area contributed by atoms with Gasteiger partial charge in [0.15, 0.2) is 0 Å². The summed E-state index contributed by atoms with van der Waals surface area (Å²) >= 11 is 0. The number of hydrogen-bond acceptors (Lipinski definition) is 3. The third-order valence-corrected chi connectivity index (χ3v) is 1.60. The Labute approximate surface area is 69.5 Å². The number of rotatable bonds is 7. The first kappa shape index (κ1) is 10.9. The maximum Gasteiger partial charge on any atom is 0.0521 e. The molecule has 0 unspecified atom stereocenters. The van der Waals surface area contributed by atoms with Crippen molar-refractivity contribution in [1.29, 1.82) is 0 Å². The Bertz CT molecular complexity index is 73.7. The highest BCUT2D eigenvalue weighted by atomic mass is 14.9. The predicted molar refractivity (Wildman–Crippen MR) is 49.2 cm³/mol. The van der Waals surface area contributed by atoms with E-state index in [1.54, 1.807) is 0 Å². The molecule has 0 aliphatic carbocycles. The molecule has 3 nitrogen and oxygen atoms in total. The molecule has 0 heterocycles. The zero-order chi connectivity index (χ0) is 8.53. The Morgan fingerprint density at radius 1 is 1.18 bits per heavy atom. The quantitative estimate of drug-likeness (QED) is 0.372. The van der Waals surface area contributed by atoms with Gasteiger partial charge in [0.2, 0.25) is 0 Å². The van der Waals surface area contributed by atoms with Crippen LogP contribution in [0.25, 0.3) is 0 Å². The van der Waals surface area contributed by atoms with Gasteiger partial charge in [0, 0.05) is 0 Å². The summed E-state index contributed by atoms with van der Waals surface area (Å²) in [4.78, 5) is 0. The molecule has 0 amide bonds. The molecule has 0 aliphatic rings. The van der Waals surface area contributed by atoms with Crippen LogP contribution in [0.1, 0.15) is 32.6 Å². The van der Waals surface area contributed by atoms with Crippen LogP contribution in [-0.2, 0) is 0 Å². The molecular weight excluding hydrogens is 138 g/mol. The van der Waals surface area contributed by atoms with Crippen molar-refractivity contribution < 1.29 is 0 Å². The van der Waals surface area contributed by atoms with E-state index >= 15 is 0 Å². The minimum atomic E-state index is -0.136. The summed E-state index contributed by atoms with van der Waals surface area (Å²) in [5, 5.41) is 3.33. The summed E-state index contributed by atoms with van der Waals surface area (Å²) in [6, 6.07) is 0. The smallest absolute Gasteiger partial charge is 0.0521 e. The van der Waals surface area contributed by atoms with Crippen molar-refractivity contribution in [2.45, 2.75) is 38.8 Å². The summed E-state index contributed by atoms with van der Waals surface area (Å²) < 4.78 is 0. The van der Waals surface area contributed by atoms with Gasteiger partial charge in [0.25, 0.3) is 0 Å². The van der Waals surface area contributed by atoms with E-state index in [1.807, 2.05) is 0 Å². The van der Waals surface area contributed by atoms with Gasteiger partial charge in [0.05, 0.1) is 6.17 Å². The third-order valence-electron chi connectivity index (χ3n) is 1.60. The molecule has 0 fully saturated rings. The Hall–Kier alpha value is -0.120. The van der Waals surface area contributed by atoms with Crippen molar-refractivity contribution in [3.8, 4) is 0 Å². The lowest BCUT2D eigenvalue weighted by Gasteiger charge is -2.05. The number of hydrogen-bond donors (Lipinski definition) is 3. The molecule has 0 saturated heterocycles. The van der Waals surface area contributed by atoms with Crippen molar-refractivity contribution in [2.24, 2.45) is 11.5 Å². The molecule has 0 rings (SSSR count). The highest BCUT2D eigenvalue weighted by Crippen LogP contribution is 1.87. The fourth-order valence-electron chi connectivity index (χ4n) is 0.890. The van der Waals surface area contributed by atoms with Crippen LogP contribution in [-0.4, -0.2) is 19.3 Å². The van der Waals surface area contributed by atoms with Crippen molar-refractivity contribution in [3.05, 3.63) is 0 Å². The molecule has 0 atom stereocenters. The Morgan fingerprint density at radius 3 is 2.36 bits per heavy atom. The summed E-state index contributed by atoms with van der Waals surface area (Å²) in [6.07, 6.45) is 4.38. The minimum absolute atomic E-state index is 0.136. The van der Waals surface area contributed by atoms with Crippen molar-refractivity contribution in [3.63, 3.8) is 0 Å². The third kappa shape index (κ3) is 9.88. The van der Waals surface area contributed by atoms with Crippen LogP contribution in [0.3, 0.4) is 0 Å². The zero-order valence-electron chi connectivity index (χ0n) is 7.47. The second kappa shape index (κ2) is 7.98. The van der Waals surface area contributed by atoms with Crippen LogP contribution < -0.4 is 16.8 Å². The van der Waals surface area contributed by atoms with Gasteiger partial charge in [-0.15, -0.1) is 0 Å². The highest BCUT2D eigenvalue weighted by Gasteiger charge is 1.92. The number of nitrogens with one attached hydrogen (secondary N) is 1. The Morgan fingerprint density at radius 2 is 1.82 bits per heavy atom. The molecule has 11 heavy (non-hydrogen) atoms. The predicted octanol–water partition coefficient (Wildman–Crippen LogP) is 0.400. The van der Waals surface area contributed by atoms with Crippen molar-refractivity contribution in [1.82, 2.24) is 5.32 Å². The van der Waals surface area contributed by atoms with Gasteiger partial charge in [-0.05, 0) is 32.4 Å². The van der Waals surface area contributed by atoms with Crippen LogP contribution in [0.5, 0.6) is 0 Å². The molecule has 5 N–H and O–H groups in total. The molecule has 0 spiro atoms. The average Bonchev–Trinajstić information content (AvgIpc) is 1.96. The van der Waals surface area contributed by atoms with Gasteiger partial charge < -0.3 is 16.8 Å². The van der Waals surface area contributed by atoms with Gasteiger partial charge in [-0.3, -0.25) is 0 Å². The fourth-order valence-corrected chi connectivity index (χ4v) is 0.890. The van der Waals surface area contributed by atoms with Gasteiger partial charge in [-0.1, -0.05) is 13.3 Å². The van der Waals surface area contributed by atoms with E-state index in [-0.39, 0.29) is 6.17 Å². The molecular formula is C8H21N3. The van der Waals surface area contributed by atoms with E-state index in [0.29, 0.717) is 0 Å². The van der Waals surface area contributed by atoms with E-state index in [0.717, 1.165) is 25.9 Å². The standard InChI is InChI=1S/C8H21N3/c1-2-3-6-11-7-4-5-8(9)10/h8,11H,2-7,9-10H2,1H3. The molecule has 0 aromatic carbocycles. The van der Waals surface area contributed by atoms with Crippen LogP contribution in [0.2, 0.25) is 0 Å². The lowest BCUT2D eigenvalue weighted by atomic mass is 10.2. The Kier molecular flexibility index (Phi) is 7.89. The maximum atomic E-state index is 5.38. The van der Waals surface area contributed by atoms with Gasteiger partial charge in [0.1, 0.15) is 0 Å². The second-order valence-electron chi connectivity index (χ2n) is 2.91. The molecule has 0 aromatic heterocycles. The Balaban J connectivity index is 2.80. The monoisotopic (exact) mass is 159 g/mol. The first-order valence-electron chi connectivity index (χ1n) is 4.49. The van der Waals surface area contributed by atoms with E-state index in [1.165, 1.54) is 12.8 Å². The zero-order valence-corrected chi connectivity index (χ0v) is 7.47. The van der Waals surface area contributed by atoms with E-state index in [2.05, 4.69) is 12.2 Å². The van der Waals surface area contributed by atoms with Gasteiger partial charge in [-0.25, -0.2) is 0 Å². The normalized spacial score (nSPS) is 10.9. The lowest BCUT2D eigenvalue weighted by molar-refractivity contribution is 0.553.